The van der Waals surface area contributed by atoms with Crippen LogP contribution in [0.15, 0.2) is 24.3 Å². The molecule has 0 aliphatic heterocycles. The fourth-order valence-corrected chi connectivity index (χ4v) is 1.38. The predicted molar refractivity (Wildman–Crippen MR) is 56.4 cm³/mol. The van der Waals surface area contributed by atoms with E-state index >= 15 is 0 Å². The standard InChI is InChI=1S/C9H14N2O2S/c1-11(14(2,10)13)7-8-3-5-9(12)6-4-8/h3-6,10,12H,7H2,1-2H3. The minimum atomic E-state index is -2.64. The third kappa shape index (κ3) is 3.01. The highest BCUT2D eigenvalue weighted by molar-refractivity contribution is 7.89. The molecule has 0 heterocycles. The van der Waals surface area contributed by atoms with Gasteiger partial charge in [-0.2, -0.15) is 0 Å². The molecule has 0 aliphatic carbocycles. The van der Waals surface area contributed by atoms with Crippen LogP contribution in [-0.4, -0.2) is 26.9 Å². The van der Waals surface area contributed by atoms with Crippen LogP contribution in [0.25, 0.3) is 0 Å². The maximum absolute atomic E-state index is 11.3. The Labute approximate surface area is 84.3 Å². The third-order valence-electron chi connectivity index (χ3n) is 1.94. The summed E-state index contributed by atoms with van der Waals surface area (Å²) in [6.45, 7) is 0.444. The molecule has 0 amide bonds. The summed E-state index contributed by atoms with van der Waals surface area (Å²) in [7, 11) is -0.999. The minimum absolute atomic E-state index is 0.208. The van der Waals surface area contributed by atoms with Crippen molar-refractivity contribution in [3.63, 3.8) is 0 Å². The number of phenolic OH excluding ortho intramolecular Hbond substituents is 1. The average Bonchev–Trinajstić information content (AvgIpc) is 2.07. The Hall–Kier alpha value is -1.07. The Morgan fingerprint density at radius 1 is 1.43 bits per heavy atom. The lowest BCUT2D eigenvalue weighted by Crippen LogP contribution is -2.23. The van der Waals surface area contributed by atoms with Crippen LogP contribution in [0, 0.1) is 4.78 Å². The molecule has 0 fully saturated rings. The van der Waals surface area contributed by atoms with Gasteiger partial charge < -0.3 is 5.11 Å². The van der Waals surface area contributed by atoms with Crippen molar-refractivity contribution in [2.75, 3.05) is 13.3 Å². The van der Waals surface area contributed by atoms with Gasteiger partial charge in [-0.1, -0.05) is 12.1 Å². The monoisotopic (exact) mass is 214 g/mol. The van der Waals surface area contributed by atoms with E-state index < -0.39 is 9.92 Å². The number of benzene rings is 1. The number of aromatic hydroxyl groups is 1. The van der Waals surface area contributed by atoms with Crippen LogP contribution < -0.4 is 0 Å². The van der Waals surface area contributed by atoms with Gasteiger partial charge in [0.05, 0.1) is 0 Å². The Morgan fingerprint density at radius 2 is 1.93 bits per heavy atom. The molecule has 1 atom stereocenters. The normalized spacial score (nSPS) is 15.4. The van der Waals surface area contributed by atoms with Crippen LogP contribution in [0.3, 0.4) is 0 Å². The first-order valence-corrected chi connectivity index (χ1v) is 6.05. The molecule has 1 unspecified atom stereocenters. The van der Waals surface area contributed by atoms with Crippen molar-refractivity contribution in [3.05, 3.63) is 29.8 Å². The van der Waals surface area contributed by atoms with Crippen molar-refractivity contribution in [3.8, 4) is 5.75 Å². The largest absolute Gasteiger partial charge is 0.508 e. The SMILES string of the molecule is CN(Cc1ccc(O)cc1)S(C)(=N)=O. The van der Waals surface area contributed by atoms with Gasteiger partial charge in [0.15, 0.2) is 0 Å². The summed E-state index contributed by atoms with van der Waals surface area (Å²) >= 11 is 0. The predicted octanol–water partition coefficient (Wildman–Crippen LogP) is 1.42. The lowest BCUT2D eigenvalue weighted by Gasteiger charge is -2.16. The molecular weight excluding hydrogens is 200 g/mol. The molecule has 14 heavy (non-hydrogen) atoms. The summed E-state index contributed by atoms with van der Waals surface area (Å²) in [5.74, 6) is 0.208. The van der Waals surface area contributed by atoms with Gasteiger partial charge in [-0.3, -0.25) is 0 Å². The second kappa shape index (κ2) is 3.98. The molecular formula is C9H14N2O2S. The van der Waals surface area contributed by atoms with Crippen molar-refractivity contribution in [1.82, 2.24) is 4.31 Å². The summed E-state index contributed by atoms with van der Waals surface area (Å²) < 4.78 is 20.1. The zero-order valence-corrected chi connectivity index (χ0v) is 9.04. The topological polar surface area (TPSA) is 64.4 Å². The number of rotatable bonds is 3. The minimum Gasteiger partial charge on any atom is -0.508 e. The lowest BCUT2D eigenvalue weighted by molar-refractivity contribution is 0.474. The Balaban J connectivity index is 2.75. The quantitative estimate of drug-likeness (QED) is 0.799. The molecule has 0 saturated heterocycles. The van der Waals surface area contributed by atoms with Crippen molar-refractivity contribution >= 4 is 9.92 Å². The molecule has 1 aromatic carbocycles. The molecule has 1 rings (SSSR count). The van der Waals surface area contributed by atoms with Gasteiger partial charge in [-0.25, -0.2) is 13.3 Å². The number of phenols is 1. The fourth-order valence-electron chi connectivity index (χ4n) is 0.982. The zero-order chi connectivity index (χ0) is 10.8. The second-order valence-corrected chi connectivity index (χ2v) is 5.48. The molecule has 0 spiro atoms. The first-order valence-electron chi connectivity index (χ1n) is 4.12. The zero-order valence-electron chi connectivity index (χ0n) is 8.23. The Kier molecular flexibility index (Phi) is 3.13. The molecule has 78 valence electrons. The molecule has 1 aromatic rings. The molecule has 0 aromatic heterocycles. The maximum atomic E-state index is 11.3. The van der Waals surface area contributed by atoms with E-state index in [1.807, 2.05) is 0 Å². The lowest BCUT2D eigenvalue weighted by atomic mass is 10.2. The molecule has 0 radical (unpaired) electrons. The van der Waals surface area contributed by atoms with Gasteiger partial charge in [0.25, 0.3) is 0 Å². The van der Waals surface area contributed by atoms with E-state index in [1.54, 1.807) is 31.3 Å². The molecule has 5 heteroatoms. The van der Waals surface area contributed by atoms with E-state index in [4.69, 9.17) is 9.89 Å². The van der Waals surface area contributed by atoms with E-state index in [-0.39, 0.29) is 5.75 Å². The van der Waals surface area contributed by atoms with Crippen molar-refractivity contribution in [2.45, 2.75) is 6.54 Å². The van der Waals surface area contributed by atoms with Gasteiger partial charge in [0.2, 0.25) is 0 Å². The molecule has 4 nitrogen and oxygen atoms in total. The first kappa shape index (κ1) is 11.0. The summed E-state index contributed by atoms with van der Waals surface area (Å²) in [6, 6.07) is 6.64. The van der Waals surface area contributed by atoms with Crippen LogP contribution >= 0.6 is 0 Å². The smallest absolute Gasteiger partial charge is 0.115 e. The molecule has 0 saturated carbocycles. The van der Waals surface area contributed by atoms with Gasteiger partial charge >= 0.3 is 0 Å². The van der Waals surface area contributed by atoms with Crippen LogP contribution in [0.1, 0.15) is 5.56 Å². The van der Waals surface area contributed by atoms with Gasteiger partial charge in [0, 0.05) is 19.8 Å². The average molecular weight is 214 g/mol. The number of nitrogens with one attached hydrogen (secondary N) is 1. The van der Waals surface area contributed by atoms with Crippen molar-refractivity contribution < 1.29 is 9.32 Å². The summed E-state index contributed by atoms with van der Waals surface area (Å²) in [6.07, 6.45) is 1.38. The van der Waals surface area contributed by atoms with Crippen molar-refractivity contribution in [2.24, 2.45) is 0 Å². The van der Waals surface area contributed by atoms with Crippen molar-refractivity contribution in [1.29, 1.82) is 4.78 Å². The summed E-state index contributed by atoms with van der Waals surface area (Å²) in [5, 5.41) is 9.04. The van der Waals surface area contributed by atoms with Gasteiger partial charge in [-0.05, 0) is 17.7 Å². The third-order valence-corrected chi connectivity index (χ3v) is 3.25. The fraction of sp³-hybridized carbons (Fsp3) is 0.333. The van der Waals surface area contributed by atoms with E-state index in [0.29, 0.717) is 6.54 Å². The number of nitrogens with zero attached hydrogens (tertiary/aromatic N) is 1. The molecule has 0 bridgehead atoms. The van der Waals surface area contributed by atoms with E-state index in [1.165, 1.54) is 10.6 Å². The number of hydrogen-bond acceptors (Lipinski definition) is 3. The maximum Gasteiger partial charge on any atom is 0.115 e. The van der Waals surface area contributed by atoms with E-state index in [0.717, 1.165) is 5.56 Å². The van der Waals surface area contributed by atoms with Gasteiger partial charge in [-0.15, -0.1) is 0 Å². The molecule has 2 N–H and O–H groups in total. The Bertz CT molecular complexity index is 397. The first-order chi connectivity index (χ1) is 6.39. The highest BCUT2D eigenvalue weighted by Crippen LogP contribution is 2.12. The highest BCUT2D eigenvalue weighted by atomic mass is 32.2. The van der Waals surface area contributed by atoms with E-state index in [9.17, 15) is 4.21 Å². The van der Waals surface area contributed by atoms with Crippen LogP contribution in [0.4, 0.5) is 0 Å². The summed E-state index contributed by atoms with van der Waals surface area (Å²) in [5.41, 5.74) is 0.923. The van der Waals surface area contributed by atoms with Crippen LogP contribution in [-0.2, 0) is 16.5 Å². The van der Waals surface area contributed by atoms with E-state index in [2.05, 4.69) is 0 Å². The summed E-state index contributed by atoms with van der Waals surface area (Å²) in [4.78, 5) is 0. The number of hydrogen-bond donors (Lipinski definition) is 2. The highest BCUT2D eigenvalue weighted by Gasteiger charge is 2.07. The van der Waals surface area contributed by atoms with Crippen LogP contribution in [0.5, 0.6) is 5.75 Å². The van der Waals surface area contributed by atoms with Crippen LogP contribution in [0.2, 0.25) is 0 Å². The second-order valence-electron chi connectivity index (χ2n) is 3.25. The Morgan fingerprint density at radius 3 is 2.36 bits per heavy atom. The molecule has 0 aliphatic rings. The van der Waals surface area contributed by atoms with Gasteiger partial charge in [0.1, 0.15) is 15.7 Å².